The molecule has 1 heterocycles. The van der Waals surface area contributed by atoms with Crippen molar-refractivity contribution in [2.45, 2.75) is 66.4 Å². The number of ketones is 1. The van der Waals surface area contributed by atoms with Crippen LogP contribution in [0.4, 0.5) is 4.79 Å². The summed E-state index contributed by atoms with van der Waals surface area (Å²) in [5, 5.41) is 0. The first-order valence-corrected chi connectivity index (χ1v) is 11.1. The Morgan fingerprint density at radius 2 is 1.68 bits per heavy atom. The summed E-state index contributed by atoms with van der Waals surface area (Å²) in [6.45, 7) is 13.1. The standard InChI is InChI=1S/C26H35NO4/c1-16-12-17(2)22(18(3)13-16)23-21(30-7)15-20(24(23)28)14-19-8-10-27(11-9-19)25(29)31-26(4,5)6/h12-14,19H,8-11,15H2,1-7H3. The Hall–Kier alpha value is -2.56. The maximum absolute atomic E-state index is 13.4. The highest BCUT2D eigenvalue weighted by Gasteiger charge is 2.33. The van der Waals surface area contributed by atoms with Crippen molar-refractivity contribution in [1.82, 2.24) is 4.90 Å². The highest BCUT2D eigenvalue weighted by molar-refractivity contribution is 6.32. The number of allylic oxidation sites excluding steroid dienone is 3. The van der Waals surface area contributed by atoms with E-state index in [2.05, 4.69) is 39.0 Å². The summed E-state index contributed by atoms with van der Waals surface area (Å²) in [5.41, 5.74) is 5.41. The Kier molecular flexibility index (Phi) is 6.63. The van der Waals surface area contributed by atoms with Crippen LogP contribution in [0.5, 0.6) is 0 Å². The van der Waals surface area contributed by atoms with Crippen LogP contribution in [0.1, 0.15) is 62.3 Å². The average molecular weight is 426 g/mol. The van der Waals surface area contributed by atoms with Gasteiger partial charge in [0.2, 0.25) is 0 Å². The van der Waals surface area contributed by atoms with E-state index in [9.17, 15) is 9.59 Å². The third kappa shape index (κ3) is 5.20. The molecule has 0 bridgehead atoms. The van der Waals surface area contributed by atoms with E-state index in [1.54, 1.807) is 12.0 Å². The maximum Gasteiger partial charge on any atom is 0.410 e. The summed E-state index contributed by atoms with van der Waals surface area (Å²) in [4.78, 5) is 27.4. The van der Waals surface area contributed by atoms with E-state index < -0.39 is 5.60 Å². The zero-order valence-corrected chi connectivity index (χ0v) is 19.9. The molecule has 1 aromatic carbocycles. The second kappa shape index (κ2) is 8.89. The first kappa shape index (κ1) is 23.1. The molecule has 0 unspecified atom stereocenters. The number of Topliss-reactive ketones (excluding diaryl/α,β-unsaturated/α-hetero) is 1. The number of piperidine rings is 1. The number of aryl methyl sites for hydroxylation is 3. The predicted octanol–water partition coefficient (Wildman–Crippen LogP) is 5.52. The minimum absolute atomic E-state index is 0.0708. The molecule has 1 aliphatic carbocycles. The number of carbonyl (C=O) groups is 2. The number of hydrogen-bond donors (Lipinski definition) is 0. The van der Waals surface area contributed by atoms with Crippen molar-refractivity contribution in [3.05, 3.63) is 51.8 Å². The third-order valence-corrected chi connectivity index (χ3v) is 5.95. The van der Waals surface area contributed by atoms with Crippen LogP contribution in [-0.4, -0.2) is 42.6 Å². The van der Waals surface area contributed by atoms with Gasteiger partial charge in [0.05, 0.1) is 12.7 Å². The Balaban J connectivity index is 1.74. The second-order valence-corrected chi connectivity index (χ2v) is 9.78. The van der Waals surface area contributed by atoms with Gasteiger partial charge in [-0.2, -0.15) is 0 Å². The summed E-state index contributed by atoms with van der Waals surface area (Å²) in [7, 11) is 1.64. The maximum atomic E-state index is 13.4. The van der Waals surface area contributed by atoms with Gasteiger partial charge >= 0.3 is 6.09 Å². The Labute approximate surface area is 186 Å². The summed E-state index contributed by atoms with van der Waals surface area (Å²) in [5.74, 6) is 1.09. The molecule has 1 aromatic rings. The van der Waals surface area contributed by atoms with E-state index in [1.807, 2.05) is 20.8 Å². The molecule has 1 fully saturated rings. The molecular formula is C26H35NO4. The molecule has 0 saturated carbocycles. The van der Waals surface area contributed by atoms with E-state index in [4.69, 9.17) is 9.47 Å². The van der Waals surface area contributed by atoms with Crippen molar-refractivity contribution in [3.8, 4) is 0 Å². The lowest BCUT2D eigenvalue weighted by molar-refractivity contribution is -0.110. The molecule has 31 heavy (non-hydrogen) atoms. The van der Waals surface area contributed by atoms with Crippen molar-refractivity contribution < 1.29 is 19.1 Å². The predicted molar refractivity (Wildman–Crippen MR) is 123 cm³/mol. The van der Waals surface area contributed by atoms with Crippen molar-refractivity contribution in [1.29, 1.82) is 0 Å². The van der Waals surface area contributed by atoms with Crippen LogP contribution in [0.3, 0.4) is 0 Å². The van der Waals surface area contributed by atoms with Crippen LogP contribution in [-0.2, 0) is 14.3 Å². The zero-order chi connectivity index (χ0) is 22.9. The quantitative estimate of drug-likeness (QED) is 0.599. The molecule has 1 saturated heterocycles. The van der Waals surface area contributed by atoms with Crippen molar-refractivity contribution >= 4 is 17.4 Å². The van der Waals surface area contributed by atoms with Gasteiger partial charge in [-0.05, 0) is 77.0 Å². The van der Waals surface area contributed by atoms with Gasteiger partial charge in [0.25, 0.3) is 0 Å². The average Bonchev–Trinajstić information content (AvgIpc) is 2.96. The van der Waals surface area contributed by atoms with E-state index in [1.165, 1.54) is 5.56 Å². The number of ether oxygens (including phenoxy) is 2. The van der Waals surface area contributed by atoms with Crippen molar-refractivity contribution in [2.24, 2.45) is 5.92 Å². The Bertz CT molecular complexity index is 918. The molecule has 0 atom stereocenters. The van der Waals surface area contributed by atoms with E-state index in [0.29, 0.717) is 25.1 Å². The number of rotatable bonds is 3. The Morgan fingerprint density at radius 3 is 2.19 bits per heavy atom. The number of hydrogen-bond acceptors (Lipinski definition) is 4. The van der Waals surface area contributed by atoms with Gasteiger partial charge in [0.1, 0.15) is 11.4 Å². The number of amides is 1. The molecule has 5 heteroatoms. The monoisotopic (exact) mass is 425 g/mol. The van der Waals surface area contributed by atoms with E-state index in [-0.39, 0.29) is 17.8 Å². The lowest BCUT2D eigenvalue weighted by atomic mass is 9.90. The second-order valence-electron chi connectivity index (χ2n) is 9.78. The first-order chi connectivity index (χ1) is 14.5. The normalized spacial score (nSPS) is 19.4. The topological polar surface area (TPSA) is 55.8 Å². The molecule has 168 valence electrons. The van der Waals surface area contributed by atoms with Gasteiger partial charge in [-0.1, -0.05) is 23.8 Å². The summed E-state index contributed by atoms with van der Waals surface area (Å²) < 4.78 is 11.1. The summed E-state index contributed by atoms with van der Waals surface area (Å²) >= 11 is 0. The molecule has 0 N–H and O–H groups in total. The van der Waals surface area contributed by atoms with Gasteiger partial charge in [0, 0.05) is 25.1 Å². The van der Waals surface area contributed by atoms with Crippen LogP contribution in [0.15, 0.2) is 29.5 Å². The third-order valence-electron chi connectivity index (χ3n) is 5.95. The van der Waals surface area contributed by atoms with Crippen LogP contribution >= 0.6 is 0 Å². The van der Waals surface area contributed by atoms with Gasteiger partial charge in [-0.25, -0.2) is 4.79 Å². The lowest BCUT2D eigenvalue weighted by Crippen LogP contribution is -2.41. The molecular weight excluding hydrogens is 390 g/mol. The molecule has 3 rings (SSSR count). The van der Waals surface area contributed by atoms with Crippen molar-refractivity contribution in [2.75, 3.05) is 20.2 Å². The number of methoxy groups -OCH3 is 1. The van der Waals surface area contributed by atoms with Gasteiger partial charge in [-0.3, -0.25) is 4.79 Å². The molecule has 1 aliphatic heterocycles. The fourth-order valence-corrected chi connectivity index (χ4v) is 4.62. The SMILES string of the molecule is COC1=C(c2c(C)cc(C)cc2C)C(=O)C(=CC2CCN(C(=O)OC(C)(C)C)CC2)C1. The fourth-order valence-electron chi connectivity index (χ4n) is 4.62. The number of benzene rings is 1. The van der Waals surface area contributed by atoms with Gasteiger partial charge in [0.15, 0.2) is 5.78 Å². The van der Waals surface area contributed by atoms with Crippen LogP contribution < -0.4 is 0 Å². The van der Waals surface area contributed by atoms with Gasteiger partial charge < -0.3 is 14.4 Å². The van der Waals surface area contributed by atoms with Crippen LogP contribution in [0.25, 0.3) is 5.57 Å². The molecule has 0 radical (unpaired) electrons. The molecule has 5 nitrogen and oxygen atoms in total. The van der Waals surface area contributed by atoms with Gasteiger partial charge in [-0.15, -0.1) is 0 Å². The smallest absolute Gasteiger partial charge is 0.410 e. The highest BCUT2D eigenvalue weighted by Crippen LogP contribution is 2.39. The zero-order valence-electron chi connectivity index (χ0n) is 19.9. The van der Waals surface area contributed by atoms with Crippen LogP contribution in [0.2, 0.25) is 0 Å². The minimum atomic E-state index is -0.489. The molecule has 2 aliphatic rings. The fraction of sp³-hybridized carbons (Fsp3) is 0.538. The van der Waals surface area contributed by atoms with E-state index in [0.717, 1.165) is 40.9 Å². The Morgan fingerprint density at radius 1 is 1.10 bits per heavy atom. The number of likely N-dealkylation sites (tertiary alicyclic amines) is 1. The largest absolute Gasteiger partial charge is 0.500 e. The van der Waals surface area contributed by atoms with Crippen molar-refractivity contribution in [3.63, 3.8) is 0 Å². The number of carbonyl (C=O) groups excluding carboxylic acids is 2. The molecule has 0 spiro atoms. The first-order valence-electron chi connectivity index (χ1n) is 11.1. The summed E-state index contributed by atoms with van der Waals surface area (Å²) in [6.07, 6.45) is 4.04. The molecule has 0 aromatic heterocycles. The minimum Gasteiger partial charge on any atom is -0.500 e. The van der Waals surface area contributed by atoms with Crippen LogP contribution in [0, 0.1) is 26.7 Å². The number of nitrogens with zero attached hydrogens (tertiary/aromatic N) is 1. The highest BCUT2D eigenvalue weighted by atomic mass is 16.6. The van der Waals surface area contributed by atoms with E-state index >= 15 is 0 Å². The lowest BCUT2D eigenvalue weighted by Gasteiger charge is -2.32. The summed E-state index contributed by atoms with van der Waals surface area (Å²) in [6, 6.07) is 4.23. The molecule has 1 amide bonds.